The van der Waals surface area contributed by atoms with Gasteiger partial charge in [-0.15, -0.1) is 34.2 Å². The van der Waals surface area contributed by atoms with Crippen LogP contribution in [0.4, 0.5) is 5.82 Å². The predicted molar refractivity (Wildman–Crippen MR) is 119 cm³/mol. The van der Waals surface area contributed by atoms with Gasteiger partial charge in [0.2, 0.25) is 0 Å². The molecule has 2 N–H and O–H groups in total. The van der Waals surface area contributed by atoms with Crippen molar-refractivity contribution in [2.75, 3.05) is 24.5 Å². The topological polar surface area (TPSA) is 83.3 Å². The van der Waals surface area contributed by atoms with Crippen molar-refractivity contribution in [3.8, 4) is 0 Å². The Bertz CT molecular complexity index is 750. The summed E-state index contributed by atoms with van der Waals surface area (Å²) in [7, 11) is 0. The van der Waals surface area contributed by atoms with Crippen molar-refractivity contribution in [2.24, 2.45) is 4.99 Å². The maximum Gasteiger partial charge on any atom is 0.191 e. The summed E-state index contributed by atoms with van der Waals surface area (Å²) in [6.07, 6.45) is 4.51. The van der Waals surface area contributed by atoms with Crippen LogP contribution in [0.5, 0.6) is 0 Å². The Kier molecular flexibility index (Phi) is 8.55. The first-order valence-corrected chi connectivity index (χ1v) is 9.36. The summed E-state index contributed by atoms with van der Waals surface area (Å²) in [4.78, 5) is 11.3. The van der Waals surface area contributed by atoms with Crippen LogP contribution in [0.2, 0.25) is 5.02 Å². The Morgan fingerprint density at radius 3 is 3.00 bits per heavy atom. The summed E-state index contributed by atoms with van der Waals surface area (Å²) in [6.45, 7) is 8.01. The first-order chi connectivity index (χ1) is 12.7. The number of nitrogens with zero attached hydrogens (tertiary/aromatic N) is 6. The van der Waals surface area contributed by atoms with Crippen molar-refractivity contribution in [1.82, 2.24) is 30.4 Å². The number of aryl methyl sites for hydroxylation is 1. The van der Waals surface area contributed by atoms with Gasteiger partial charge < -0.3 is 20.1 Å². The summed E-state index contributed by atoms with van der Waals surface area (Å²) in [5, 5.41) is 15.6. The van der Waals surface area contributed by atoms with Gasteiger partial charge in [-0.2, -0.15) is 0 Å². The third-order valence-electron chi connectivity index (χ3n) is 4.33. The molecular weight excluding hydrogens is 479 g/mol. The van der Waals surface area contributed by atoms with E-state index in [1.54, 1.807) is 12.5 Å². The minimum Gasteiger partial charge on any atom is -0.357 e. The number of rotatable bonds is 6. The van der Waals surface area contributed by atoms with Crippen molar-refractivity contribution in [2.45, 2.75) is 39.4 Å². The lowest BCUT2D eigenvalue weighted by molar-refractivity contribution is 0.643. The van der Waals surface area contributed by atoms with Gasteiger partial charge in [0.1, 0.15) is 18.7 Å². The lowest BCUT2D eigenvalue weighted by Crippen LogP contribution is -2.44. The van der Waals surface area contributed by atoms with E-state index in [9.17, 15) is 0 Å². The van der Waals surface area contributed by atoms with Gasteiger partial charge in [0.05, 0.1) is 5.02 Å². The van der Waals surface area contributed by atoms with Gasteiger partial charge in [-0.25, -0.2) is 9.98 Å². The third kappa shape index (κ3) is 5.68. The number of pyridine rings is 1. The second-order valence-electron chi connectivity index (χ2n) is 6.11. The van der Waals surface area contributed by atoms with E-state index in [0.29, 0.717) is 11.6 Å². The van der Waals surface area contributed by atoms with Gasteiger partial charge in [-0.3, -0.25) is 0 Å². The average Bonchev–Trinajstić information content (AvgIpc) is 3.29. The molecule has 10 heteroatoms. The first-order valence-electron chi connectivity index (χ1n) is 8.98. The maximum absolute atomic E-state index is 6.27. The van der Waals surface area contributed by atoms with Crippen LogP contribution in [-0.2, 0) is 13.1 Å². The molecule has 0 spiro atoms. The highest BCUT2D eigenvalue weighted by Gasteiger charge is 2.25. The van der Waals surface area contributed by atoms with Gasteiger partial charge in [-0.05, 0) is 32.4 Å². The van der Waals surface area contributed by atoms with E-state index in [0.717, 1.165) is 50.2 Å². The van der Waals surface area contributed by atoms with Gasteiger partial charge in [-0.1, -0.05) is 11.6 Å². The van der Waals surface area contributed by atoms with E-state index in [1.807, 2.05) is 16.7 Å². The summed E-state index contributed by atoms with van der Waals surface area (Å²) in [5.74, 6) is 2.49. The molecule has 0 amide bonds. The lowest BCUT2D eigenvalue weighted by Gasteiger charge is -2.20. The molecule has 3 heterocycles. The van der Waals surface area contributed by atoms with Crippen LogP contribution >= 0.6 is 35.6 Å². The molecule has 8 nitrogen and oxygen atoms in total. The van der Waals surface area contributed by atoms with Crippen LogP contribution < -0.4 is 15.5 Å². The number of nitrogens with one attached hydrogen (secondary N) is 2. The standard InChI is InChI=1S/C17H25ClN8.HI/c1-3-19-17(21-10-15-24-22-12-25(15)4-2)23-13-7-9-26(11-13)16-14(18)6-5-8-20-16;/h5-6,8,12-13H,3-4,7,9-11H2,1-2H3,(H2,19,21,23);1H. The molecule has 27 heavy (non-hydrogen) atoms. The van der Waals surface area contributed by atoms with E-state index < -0.39 is 0 Å². The number of aliphatic imine (C=N–C) groups is 1. The molecular formula is C17H26ClIN8. The van der Waals surface area contributed by atoms with E-state index in [1.165, 1.54) is 0 Å². The Balaban J connectivity index is 0.00000261. The highest BCUT2D eigenvalue weighted by atomic mass is 127. The zero-order chi connectivity index (χ0) is 18.4. The number of hydrogen-bond donors (Lipinski definition) is 2. The van der Waals surface area contributed by atoms with Crippen LogP contribution in [0.3, 0.4) is 0 Å². The fourth-order valence-corrected chi connectivity index (χ4v) is 3.25. The zero-order valence-electron chi connectivity index (χ0n) is 15.6. The highest BCUT2D eigenvalue weighted by Crippen LogP contribution is 2.25. The Hall–Kier alpha value is -1.62. The average molecular weight is 505 g/mol. The molecule has 0 saturated carbocycles. The van der Waals surface area contributed by atoms with E-state index in [2.05, 4.69) is 49.6 Å². The van der Waals surface area contributed by atoms with Crippen LogP contribution in [-0.4, -0.2) is 51.4 Å². The van der Waals surface area contributed by atoms with Gasteiger partial charge in [0, 0.05) is 38.4 Å². The first kappa shape index (κ1) is 21.7. The molecule has 2 aromatic heterocycles. The van der Waals surface area contributed by atoms with Crippen LogP contribution in [0, 0.1) is 0 Å². The number of guanidine groups is 1. The molecule has 1 fully saturated rings. The summed E-state index contributed by atoms with van der Waals surface area (Å²) < 4.78 is 1.99. The SMILES string of the molecule is CCNC(=NCc1nncn1CC)NC1CCN(c2ncccc2Cl)C1.I. The molecule has 3 rings (SSSR count). The van der Waals surface area contributed by atoms with Crippen molar-refractivity contribution >= 4 is 47.4 Å². The number of anilines is 1. The quantitative estimate of drug-likeness (QED) is 0.357. The number of aromatic nitrogens is 4. The fourth-order valence-electron chi connectivity index (χ4n) is 3.01. The smallest absolute Gasteiger partial charge is 0.191 e. The zero-order valence-corrected chi connectivity index (χ0v) is 18.7. The maximum atomic E-state index is 6.27. The Morgan fingerprint density at radius 2 is 2.26 bits per heavy atom. The molecule has 0 radical (unpaired) electrons. The van der Waals surface area contributed by atoms with Gasteiger partial charge in [0.25, 0.3) is 0 Å². The largest absolute Gasteiger partial charge is 0.357 e. The minimum absolute atomic E-state index is 0. The predicted octanol–water partition coefficient (Wildman–Crippen LogP) is 2.30. The molecule has 0 aliphatic carbocycles. The van der Waals surface area contributed by atoms with E-state index >= 15 is 0 Å². The summed E-state index contributed by atoms with van der Waals surface area (Å²) >= 11 is 6.27. The summed E-state index contributed by atoms with van der Waals surface area (Å²) in [6, 6.07) is 4.01. The van der Waals surface area contributed by atoms with Gasteiger partial charge >= 0.3 is 0 Å². The van der Waals surface area contributed by atoms with E-state index in [-0.39, 0.29) is 30.0 Å². The second-order valence-corrected chi connectivity index (χ2v) is 6.52. The number of hydrogen-bond acceptors (Lipinski definition) is 5. The van der Waals surface area contributed by atoms with Crippen molar-refractivity contribution in [3.63, 3.8) is 0 Å². The molecule has 148 valence electrons. The molecule has 2 aromatic rings. The lowest BCUT2D eigenvalue weighted by atomic mass is 10.3. The summed E-state index contributed by atoms with van der Waals surface area (Å²) in [5.41, 5.74) is 0. The van der Waals surface area contributed by atoms with Crippen LogP contribution in [0.1, 0.15) is 26.1 Å². The second kappa shape index (κ2) is 10.6. The van der Waals surface area contributed by atoms with Crippen LogP contribution in [0.15, 0.2) is 29.6 Å². The highest BCUT2D eigenvalue weighted by molar-refractivity contribution is 14.0. The number of halogens is 2. The monoisotopic (exact) mass is 504 g/mol. The normalized spacial score (nSPS) is 16.9. The van der Waals surface area contributed by atoms with Crippen molar-refractivity contribution in [1.29, 1.82) is 0 Å². The molecule has 0 aromatic carbocycles. The molecule has 1 unspecified atom stereocenters. The molecule has 1 aliphatic rings. The van der Waals surface area contributed by atoms with E-state index in [4.69, 9.17) is 11.6 Å². The van der Waals surface area contributed by atoms with Crippen LogP contribution in [0.25, 0.3) is 0 Å². The minimum atomic E-state index is 0. The van der Waals surface area contributed by atoms with Crippen molar-refractivity contribution < 1.29 is 0 Å². The molecule has 1 atom stereocenters. The molecule has 1 saturated heterocycles. The van der Waals surface area contributed by atoms with Gasteiger partial charge in [0.15, 0.2) is 11.8 Å². The Labute approximate surface area is 181 Å². The fraction of sp³-hybridized carbons (Fsp3) is 0.529. The Morgan fingerprint density at radius 1 is 1.41 bits per heavy atom. The van der Waals surface area contributed by atoms with Crippen molar-refractivity contribution in [3.05, 3.63) is 35.5 Å². The third-order valence-corrected chi connectivity index (χ3v) is 4.62. The molecule has 1 aliphatic heterocycles. The molecule has 0 bridgehead atoms.